The molecule has 1 aromatic heterocycles. The van der Waals surface area contributed by atoms with Crippen LogP contribution in [0.15, 0.2) is 48.5 Å². The van der Waals surface area contributed by atoms with Crippen LogP contribution in [0.25, 0.3) is 11.3 Å². The standard InChI is InChI=1S/C33H38N4O5S/c1-4-5-16-43(40)37-21-26-19-27(33(39)34-20-24-11-12-29-30(18-24)42-22-41-29)35-32(31(26)28(37)13-15-38)25-10-6-8-23(17-25)9-7-14-36(2)3/h6,8,10-12,17-19,28,38H,4-5,13-16,20-22H2,1-3H3,(H,34,39)/t28-,43?/m1/s1. The van der Waals surface area contributed by atoms with Crippen LogP contribution in [0, 0.1) is 11.8 Å². The molecule has 0 bridgehead atoms. The van der Waals surface area contributed by atoms with Crippen molar-refractivity contribution in [2.75, 3.05) is 39.8 Å². The van der Waals surface area contributed by atoms with Crippen LogP contribution in [-0.2, 0) is 24.1 Å². The van der Waals surface area contributed by atoms with Gasteiger partial charge < -0.3 is 19.9 Å². The third-order valence-electron chi connectivity index (χ3n) is 7.37. The molecule has 10 heteroatoms. The molecule has 1 amide bonds. The van der Waals surface area contributed by atoms with E-state index >= 15 is 0 Å². The van der Waals surface area contributed by atoms with Gasteiger partial charge in [-0.15, -0.1) is 0 Å². The van der Waals surface area contributed by atoms with Crippen LogP contribution in [0.5, 0.6) is 11.5 Å². The Morgan fingerprint density at radius 3 is 2.81 bits per heavy atom. The highest BCUT2D eigenvalue weighted by atomic mass is 32.2. The highest BCUT2D eigenvalue weighted by molar-refractivity contribution is 7.82. The first kappa shape index (κ1) is 30.7. The van der Waals surface area contributed by atoms with Gasteiger partial charge in [0.15, 0.2) is 11.5 Å². The Labute approximate surface area is 255 Å². The maximum Gasteiger partial charge on any atom is 0.270 e. The molecule has 2 atom stereocenters. The van der Waals surface area contributed by atoms with Crippen LogP contribution in [0.3, 0.4) is 0 Å². The van der Waals surface area contributed by atoms with Crippen LogP contribution in [0.4, 0.5) is 0 Å². The summed E-state index contributed by atoms with van der Waals surface area (Å²) in [6, 6.07) is 14.9. The minimum atomic E-state index is -1.23. The number of pyridine rings is 1. The van der Waals surface area contributed by atoms with Gasteiger partial charge in [-0.25, -0.2) is 13.5 Å². The maximum absolute atomic E-state index is 13.5. The predicted molar refractivity (Wildman–Crippen MR) is 167 cm³/mol. The molecule has 43 heavy (non-hydrogen) atoms. The van der Waals surface area contributed by atoms with E-state index in [9.17, 15) is 14.1 Å². The van der Waals surface area contributed by atoms with Crippen molar-refractivity contribution in [3.63, 3.8) is 0 Å². The molecule has 0 radical (unpaired) electrons. The number of hydrogen-bond donors (Lipinski definition) is 2. The van der Waals surface area contributed by atoms with Crippen molar-refractivity contribution in [2.45, 2.75) is 45.3 Å². The Bertz CT molecular complexity index is 1560. The van der Waals surface area contributed by atoms with Crippen LogP contribution >= 0.6 is 0 Å². The molecule has 0 aliphatic carbocycles. The lowest BCUT2D eigenvalue weighted by Crippen LogP contribution is -2.27. The van der Waals surface area contributed by atoms with Crippen molar-refractivity contribution in [3.8, 4) is 34.6 Å². The van der Waals surface area contributed by atoms with Crippen LogP contribution < -0.4 is 14.8 Å². The molecule has 2 aliphatic heterocycles. The molecular weight excluding hydrogens is 564 g/mol. The predicted octanol–water partition coefficient (Wildman–Crippen LogP) is 4.02. The fraction of sp³-hybridized carbons (Fsp3) is 0.394. The summed E-state index contributed by atoms with van der Waals surface area (Å²) >= 11 is 0. The number of rotatable bonds is 11. The number of ether oxygens (including phenoxy) is 2. The number of carbonyl (C=O) groups is 1. The normalized spacial score (nSPS) is 16.1. The molecule has 0 spiro atoms. The summed E-state index contributed by atoms with van der Waals surface area (Å²) in [5.74, 6) is 7.97. The van der Waals surface area contributed by atoms with Crippen molar-refractivity contribution in [1.82, 2.24) is 19.5 Å². The second-order valence-electron chi connectivity index (χ2n) is 10.9. The molecule has 226 valence electrons. The van der Waals surface area contributed by atoms with E-state index in [0.29, 0.717) is 49.0 Å². The largest absolute Gasteiger partial charge is 0.454 e. The van der Waals surface area contributed by atoms with Gasteiger partial charge in [0.05, 0.1) is 29.3 Å². The SMILES string of the molecule is CCCCS(=O)N1Cc2cc(C(=O)NCc3ccc4c(c3)OCO4)nc(-c3cccc(C#CCN(C)C)c3)c2[C@H]1CCO. The summed E-state index contributed by atoms with van der Waals surface area (Å²) in [5.41, 5.74) is 5.27. The lowest BCUT2D eigenvalue weighted by molar-refractivity contribution is 0.0945. The van der Waals surface area contributed by atoms with Gasteiger partial charge >= 0.3 is 0 Å². The van der Waals surface area contributed by atoms with E-state index in [1.165, 1.54) is 0 Å². The van der Waals surface area contributed by atoms with Gasteiger partial charge in [0.25, 0.3) is 5.91 Å². The summed E-state index contributed by atoms with van der Waals surface area (Å²) in [4.78, 5) is 20.4. The van der Waals surface area contributed by atoms with Crippen molar-refractivity contribution in [3.05, 3.63) is 76.5 Å². The number of aliphatic hydroxyl groups is 1. The Morgan fingerprint density at radius 2 is 2.02 bits per heavy atom. The van der Waals surface area contributed by atoms with Gasteiger partial charge in [-0.3, -0.25) is 9.69 Å². The molecule has 1 unspecified atom stereocenters. The van der Waals surface area contributed by atoms with Gasteiger partial charge in [-0.2, -0.15) is 0 Å². The molecule has 3 heterocycles. The Hall–Kier alpha value is -3.75. The van der Waals surface area contributed by atoms with Gasteiger partial charge in [-0.05, 0) is 68.4 Å². The molecule has 2 N–H and O–H groups in total. The Kier molecular flexibility index (Phi) is 10.1. The van der Waals surface area contributed by atoms with Crippen LogP contribution in [0.1, 0.15) is 65.0 Å². The van der Waals surface area contributed by atoms with Crippen molar-refractivity contribution >= 4 is 16.9 Å². The number of nitrogens with zero attached hydrogens (tertiary/aromatic N) is 3. The summed E-state index contributed by atoms with van der Waals surface area (Å²) in [6.45, 7) is 3.54. The summed E-state index contributed by atoms with van der Waals surface area (Å²) in [6.07, 6.45) is 2.20. The van der Waals surface area contributed by atoms with E-state index in [4.69, 9.17) is 14.5 Å². The lowest BCUT2D eigenvalue weighted by atomic mass is 9.95. The minimum Gasteiger partial charge on any atom is -0.454 e. The third kappa shape index (κ3) is 7.25. The number of unbranched alkanes of at least 4 members (excludes halogenated alkanes) is 1. The third-order valence-corrected chi connectivity index (χ3v) is 8.92. The maximum atomic E-state index is 13.5. The zero-order chi connectivity index (χ0) is 30.3. The highest BCUT2D eigenvalue weighted by Gasteiger charge is 2.37. The first-order chi connectivity index (χ1) is 20.9. The Morgan fingerprint density at radius 1 is 1.19 bits per heavy atom. The van der Waals surface area contributed by atoms with E-state index < -0.39 is 11.0 Å². The molecule has 0 saturated carbocycles. The zero-order valence-electron chi connectivity index (χ0n) is 24.9. The molecule has 5 rings (SSSR count). The van der Waals surface area contributed by atoms with Gasteiger partial charge in [0.1, 0.15) is 5.69 Å². The van der Waals surface area contributed by atoms with Crippen molar-refractivity contribution in [2.24, 2.45) is 0 Å². The first-order valence-corrected chi connectivity index (χ1v) is 15.9. The molecule has 3 aromatic rings. The number of nitrogens with one attached hydrogen (secondary N) is 1. The Balaban J connectivity index is 1.50. The summed E-state index contributed by atoms with van der Waals surface area (Å²) in [5, 5.41) is 13.0. The van der Waals surface area contributed by atoms with Crippen LogP contribution in [-0.4, -0.2) is 69.2 Å². The van der Waals surface area contributed by atoms with E-state index in [0.717, 1.165) is 40.7 Å². The van der Waals surface area contributed by atoms with E-state index in [-0.39, 0.29) is 31.0 Å². The smallest absolute Gasteiger partial charge is 0.270 e. The van der Waals surface area contributed by atoms with Gasteiger partial charge in [0, 0.05) is 42.1 Å². The monoisotopic (exact) mass is 602 g/mol. The van der Waals surface area contributed by atoms with E-state index in [1.54, 1.807) is 6.07 Å². The molecule has 9 nitrogen and oxygen atoms in total. The zero-order valence-corrected chi connectivity index (χ0v) is 25.7. The lowest BCUT2D eigenvalue weighted by Gasteiger charge is -2.24. The summed E-state index contributed by atoms with van der Waals surface area (Å²) in [7, 11) is 2.71. The fourth-order valence-electron chi connectivity index (χ4n) is 5.25. The molecule has 2 aromatic carbocycles. The highest BCUT2D eigenvalue weighted by Crippen LogP contribution is 2.42. The second-order valence-corrected chi connectivity index (χ2v) is 12.4. The number of fused-ring (bicyclic) bond motifs is 2. The molecular formula is C33H38N4O5S. The van der Waals surface area contributed by atoms with Gasteiger partial charge in [0.2, 0.25) is 6.79 Å². The minimum absolute atomic E-state index is 0.0567. The van der Waals surface area contributed by atoms with Gasteiger partial charge in [-0.1, -0.05) is 43.4 Å². The first-order valence-electron chi connectivity index (χ1n) is 14.6. The average Bonchev–Trinajstić information content (AvgIpc) is 3.63. The molecule has 0 fully saturated rings. The van der Waals surface area contributed by atoms with E-state index in [2.05, 4.69) is 24.1 Å². The molecule has 0 saturated heterocycles. The quantitative estimate of drug-likeness (QED) is 0.320. The molecule has 2 aliphatic rings. The topological polar surface area (TPSA) is 104 Å². The van der Waals surface area contributed by atoms with E-state index in [1.807, 2.05) is 65.8 Å². The van der Waals surface area contributed by atoms with Crippen LogP contribution in [0.2, 0.25) is 0 Å². The number of carbonyl (C=O) groups excluding carboxylic acids is 1. The number of amides is 1. The number of aromatic nitrogens is 1. The number of benzene rings is 2. The average molecular weight is 603 g/mol. The fourth-order valence-corrected chi connectivity index (χ4v) is 6.79. The van der Waals surface area contributed by atoms with Crippen molar-refractivity contribution in [1.29, 1.82) is 0 Å². The number of aliphatic hydroxyl groups excluding tert-OH is 1. The number of hydrogen-bond acceptors (Lipinski definition) is 7. The summed E-state index contributed by atoms with van der Waals surface area (Å²) < 4.78 is 26.2. The second kappa shape index (κ2) is 14.1. The van der Waals surface area contributed by atoms with Crippen molar-refractivity contribution < 1.29 is 23.6 Å².